The van der Waals surface area contributed by atoms with Crippen LogP contribution in [0.3, 0.4) is 0 Å². The van der Waals surface area contributed by atoms with Gasteiger partial charge in [0.05, 0.1) is 11.9 Å². The minimum atomic E-state index is -0.960. The lowest BCUT2D eigenvalue weighted by Crippen LogP contribution is -2.30. The molecule has 0 bridgehead atoms. The highest BCUT2D eigenvalue weighted by molar-refractivity contribution is 5.93. The number of nitrogens with zero attached hydrogens (tertiary/aromatic N) is 3. The average molecular weight is 355 g/mol. The molecule has 3 aromatic rings. The number of hydrogen-bond donors (Lipinski definition) is 0. The first kappa shape index (κ1) is 17.8. The van der Waals surface area contributed by atoms with Crippen LogP contribution in [-0.4, -0.2) is 22.2 Å². The first-order chi connectivity index (χ1) is 12.6. The predicted molar refractivity (Wildman–Crippen MR) is 96.3 cm³/mol. The van der Waals surface area contributed by atoms with Crippen LogP contribution < -0.4 is 4.90 Å². The normalized spacial score (nSPS) is 10.7. The summed E-state index contributed by atoms with van der Waals surface area (Å²) in [7, 11) is 0. The van der Waals surface area contributed by atoms with E-state index in [1.54, 1.807) is 17.8 Å². The number of halogens is 2. The van der Waals surface area contributed by atoms with Crippen molar-refractivity contribution in [3.05, 3.63) is 78.1 Å². The molecule has 0 radical (unpaired) electrons. The van der Waals surface area contributed by atoms with E-state index < -0.39 is 11.6 Å². The van der Waals surface area contributed by atoms with Gasteiger partial charge in [-0.15, -0.1) is 0 Å². The van der Waals surface area contributed by atoms with E-state index in [2.05, 4.69) is 5.10 Å². The largest absolute Gasteiger partial charge is 0.313 e. The summed E-state index contributed by atoms with van der Waals surface area (Å²) in [5.74, 6) is -2.03. The molecule has 0 saturated carbocycles. The van der Waals surface area contributed by atoms with Gasteiger partial charge in [0.25, 0.3) is 0 Å². The third kappa shape index (κ3) is 3.96. The Bertz CT molecular complexity index is 893. The van der Waals surface area contributed by atoms with Gasteiger partial charge < -0.3 is 4.90 Å². The molecule has 0 saturated heterocycles. The van der Waals surface area contributed by atoms with Crippen LogP contribution in [0, 0.1) is 11.6 Å². The van der Waals surface area contributed by atoms with Crippen molar-refractivity contribution in [2.75, 3.05) is 11.4 Å². The number of carbonyl (C=O) groups is 1. The van der Waals surface area contributed by atoms with Crippen LogP contribution in [0.1, 0.15) is 18.9 Å². The lowest BCUT2D eigenvalue weighted by molar-refractivity contribution is -0.118. The highest BCUT2D eigenvalue weighted by Crippen LogP contribution is 2.19. The third-order valence-electron chi connectivity index (χ3n) is 4.12. The number of rotatable bonds is 6. The van der Waals surface area contributed by atoms with Crippen LogP contribution in [-0.2, 0) is 11.2 Å². The quantitative estimate of drug-likeness (QED) is 0.667. The van der Waals surface area contributed by atoms with Crippen molar-refractivity contribution in [2.24, 2.45) is 0 Å². The van der Waals surface area contributed by atoms with Crippen LogP contribution in [0.5, 0.6) is 0 Å². The summed E-state index contributed by atoms with van der Waals surface area (Å²) in [4.78, 5) is 14.0. The lowest BCUT2D eigenvalue weighted by atomic mass is 10.1. The molecule has 0 spiro atoms. The molecule has 0 aliphatic carbocycles. The summed E-state index contributed by atoms with van der Waals surface area (Å²) in [6, 6.07) is 13.2. The summed E-state index contributed by atoms with van der Waals surface area (Å²) < 4.78 is 28.3. The zero-order chi connectivity index (χ0) is 18.5. The van der Waals surface area contributed by atoms with Crippen molar-refractivity contribution in [1.82, 2.24) is 9.78 Å². The van der Waals surface area contributed by atoms with E-state index in [9.17, 15) is 13.6 Å². The van der Waals surface area contributed by atoms with E-state index in [0.29, 0.717) is 18.7 Å². The van der Waals surface area contributed by atoms with Crippen molar-refractivity contribution < 1.29 is 13.6 Å². The Balaban J connectivity index is 1.66. The predicted octanol–water partition coefficient (Wildman–Crippen LogP) is 4.14. The maximum absolute atomic E-state index is 13.4. The number of amides is 1. The molecule has 0 aliphatic heterocycles. The zero-order valence-corrected chi connectivity index (χ0v) is 14.4. The Morgan fingerprint density at radius 1 is 1.12 bits per heavy atom. The monoisotopic (exact) mass is 355 g/mol. The number of aromatic nitrogens is 2. The highest BCUT2D eigenvalue weighted by Gasteiger charge is 2.16. The van der Waals surface area contributed by atoms with Crippen LogP contribution in [0.15, 0.2) is 60.9 Å². The van der Waals surface area contributed by atoms with E-state index in [1.165, 1.54) is 11.0 Å². The summed E-state index contributed by atoms with van der Waals surface area (Å²) in [6.45, 7) is 2.18. The second-order valence-corrected chi connectivity index (χ2v) is 5.87. The first-order valence-corrected chi connectivity index (χ1v) is 8.43. The van der Waals surface area contributed by atoms with Gasteiger partial charge in [0.1, 0.15) is 0 Å². The Labute approximate surface area is 150 Å². The van der Waals surface area contributed by atoms with Crippen molar-refractivity contribution in [2.45, 2.75) is 19.8 Å². The molecule has 6 heteroatoms. The van der Waals surface area contributed by atoms with Gasteiger partial charge in [-0.1, -0.05) is 18.2 Å². The van der Waals surface area contributed by atoms with E-state index in [1.807, 2.05) is 36.5 Å². The number of hydrogen-bond acceptors (Lipinski definition) is 2. The molecule has 26 heavy (non-hydrogen) atoms. The molecule has 1 heterocycles. The van der Waals surface area contributed by atoms with Gasteiger partial charge in [-0.2, -0.15) is 5.10 Å². The fourth-order valence-electron chi connectivity index (χ4n) is 2.75. The first-order valence-electron chi connectivity index (χ1n) is 8.43. The zero-order valence-electron chi connectivity index (χ0n) is 14.4. The van der Waals surface area contributed by atoms with Gasteiger partial charge in [0.15, 0.2) is 11.6 Å². The second-order valence-electron chi connectivity index (χ2n) is 5.87. The maximum Gasteiger partial charge on any atom is 0.227 e. The molecular weight excluding hydrogens is 336 g/mol. The molecule has 0 N–H and O–H groups in total. The number of anilines is 1. The molecular formula is C20H19F2N3O. The van der Waals surface area contributed by atoms with E-state index in [4.69, 9.17) is 0 Å². The van der Waals surface area contributed by atoms with Gasteiger partial charge in [0.2, 0.25) is 5.91 Å². The fourth-order valence-corrected chi connectivity index (χ4v) is 2.75. The average Bonchev–Trinajstić information content (AvgIpc) is 3.13. The molecule has 4 nitrogen and oxygen atoms in total. The van der Waals surface area contributed by atoms with E-state index in [0.717, 1.165) is 23.4 Å². The molecule has 134 valence electrons. The number of carbonyl (C=O) groups excluding carboxylic acids is 1. The number of para-hydroxylation sites is 1. The minimum absolute atomic E-state index is 0.147. The highest BCUT2D eigenvalue weighted by atomic mass is 19.2. The molecule has 0 aliphatic rings. The van der Waals surface area contributed by atoms with Crippen LogP contribution in [0.4, 0.5) is 14.5 Å². The minimum Gasteiger partial charge on any atom is -0.313 e. The summed E-state index contributed by atoms with van der Waals surface area (Å²) in [6.07, 6.45) is 4.39. The van der Waals surface area contributed by atoms with Crippen LogP contribution >= 0.6 is 0 Å². The summed E-state index contributed by atoms with van der Waals surface area (Å²) >= 11 is 0. The van der Waals surface area contributed by atoms with E-state index >= 15 is 0 Å². The molecule has 3 rings (SSSR count). The molecule has 0 unspecified atom stereocenters. The summed E-state index contributed by atoms with van der Waals surface area (Å²) in [5, 5.41) is 4.31. The second kappa shape index (κ2) is 7.91. The van der Waals surface area contributed by atoms with Gasteiger partial charge in [0, 0.05) is 30.9 Å². The number of benzene rings is 2. The van der Waals surface area contributed by atoms with Crippen LogP contribution in [0.25, 0.3) is 5.69 Å². The van der Waals surface area contributed by atoms with Crippen molar-refractivity contribution in [1.29, 1.82) is 0 Å². The molecule has 1 amide bonds. The van der Waals surface area contributed by atoms with E-state index in [-0.39, 0.29) is 12.3 Å². The van der Waals surface area contributed by atoms with Gasteiger partial charge in [-0.05, 0) is 43.2 Å². The Morgan fingerprint density at radius 3 is 2.58 bits per heavy atom. The molecule has 0 fully saturated rings. The molecule has 0 atom stereocenters. The number of aryl methyl sites for hydroxylation is 1. The smallest absolute Gasteiger partial charge is 0.227 e. The third-order valence-corrected chi connectivity index (χ3v) is 4.12. The standard InChI is InChI=1S/C20H19F2N3O/c1-2-24(17-9-10-18(21)19(22)12-17)20(26)11-8-15-13-23-25(14-15)16-6-4-3-5-7-16/h3-7,9-10,12-14H,2,8,11H2,1H3. The van der Waals surface area contributed by atoms with Crippen molar-refractivity contribution in [3.8, 4) is 5.69 Å². The van der Waals surface area contributed by atoms with Gasteiger partial charge >= 0.3 is 0 Å². The Morgan fingerprint density at radius 2 is 1.88 bits per heavy atom. The maximum atomic E-state index is 13.4. The van der Waals surface area contributed by atoms with Crippen molar-refractivity contribution >= 4 is 11.6 Å². The summed E-state index contributed by atoms with van der Waals surface area (Å²) in [5.41, 5.74) is 2.24. The van der Waals surface area contributed by atoms with Crippen LogP contribution in [0.2, 0.25) is 0 Å². The Kier molecular flexibility index (Phi) is 5.41. The topological polar surface area (TPSA) is 38.1 Å². The lowest BCUT2D eigenvalue weighted by Gasteiger charge is -2.21. The molecule has 2 aromatic carbocycles. The van der Waals surface area contributed by atoms with Gasteiger partial charge in [-0.25, -0.2) is 13.5 Å². The van der Waals surface area contributed by atoms with Crippen molar-refractivity contribution in [3.63, 3.8) is 0 Å². The Hall–Kier alpha value is -3.02. The van der Waals surface area contributed by atoms with Gasteiger partial charge in [-0.3, -0.25) is 4.79 Å². The fraction of sp³-hybridized carbons (Fsp3) is 0.200. The molecule has 1 aromatic heterocycles. The SMILES string of the molecule is CCN(C(=O)CCc1cnn(-c2ccccc2)c1)c1ccc(F)c(F)c1.